The summed E-state index contributed by atoms with van der Waals surface area (Å²) in [7, 11) is 0. The zero-order valence-electron chi connectivity index (χ0n) is 13.4. The number of benzene rings is 1. The van der Waals surface area contributed by atoms with Gasteiger partial charge in [0, 0.05) is 11.6 Å². The standard InChI is InChI=1S/C18H20N4/c1-13-8-7-9-14(12-13)20-21-17-16(18(2,3)4)19-15-10-5-6-11-22(15)17/h5-12H,1-4H3. The van der Waals surface area contributed by atoms with Crippen LogP contribution in [-0.2, 0) is 5.41 Å². The summed E-state index contributed by atoms with van der Waals surface area (Å²) in [5, 5.41) is 8.90. The Hall–Kier alpha value is -2.49. The van der Waals surface area contributed by atoms with Gasteiger partial charge < -0.3 is 0 Å². The fourth-order valence-electron chi connectivity index (χ4n) is 2.38. The maximum absolute atomic E-state index is 4.72. The molecule has 2 heterocycles. The summed E-state index contributed by atoms with van der Waals surface area (Å²) in [5.41, 5.74) is 3.78. The van der Waals surface area contributed by atoms with Crippen molar-refractivity contribution in [3.8, 4) is 0 Å². The third kappa shape index (κ3) is 2.77. The SMILES string of the molecule is Cc1cccc(N=Nc2c(C(C)(C)C)nc3ccccn23)c1. The van der Waals surface area contributed by atoms with Crippen LogP contribution in [0.5, 0.6) is 0 Å². The second kappa shape index (κ2) is 5.37. The molecule has 0 amide bonds. The second-order valence-electron chi connectivity index (χ2n) is 6.50. The molecule has 112 valence electrons. The van der Waals surface area contributed by atoms with E-state index in [9.17, 15) is 0 Å². The number of hydrogen-bond acceptors (Lipinski definition) is 3. The highest BCUT2D eigenvalue weighted by atomic mass is 15.2. The first kappa shape index (κ1) is 14.4. The predicted molar refractivity (Wildman–Crippen MR) is 89.2 cm³/mol. The van der Waals surface area contributed by atoms with Crippen LogP contribution in [0.1, 0.15) is 32.0 Å². The molecule has 0 aliphatic rings. The average molecular weight is 292 g/mol. The molecule has 0 unspecified atom stereocenters. The van der Waals surface area contributed by atoms with Crippen LogP contribution in [0.2, 0.25) is 0 Å². The van der Waals surface area contributed by atoms with Gasteiger partial charge in [-0.25, -0.2) is 4.98 Å². The Kier molecular flexibility index (Phi) is 3.53. The van der Waals surface area contributed by atoms with Gasteiger partial charge in [0.15, 0.2) is 5.82 Å². The maximum Gasteiger partial charge on any atom is 0.183 e. The fraction of sp³-hybridized carbons (Fsp3) is 0.278. The maximum atomic E-state index is 4.72. The minimum Gasteiger partial charge on any atom is -0.283 e. The molecule has 3 aromatic rings. The van der Waals surface area contributed by atoms with Crippen LogP contribution in [0.15, 0.2) is 58.9 Å². The molecule has 0 saturated carbocycles. The van der Waals surface area contributed by atoms with E-state index in [1.54, 1.807) is 0 Å². The number of rotatable bonds is 2. The predicted octanol–water partition coefficient (Wildman–Crippen LogP) is 5.36. The van der Waals surface area contributed by atoms with Crippen LogP contribution in [-0.4, -0.2) is 9.38 Å². The number of nitrogens with zero attached hydrogens (tertiary/aromatic N) is 4. The van der Waals surface area contributed by atoms with Gasteiger partial charge in [-0.3, -0.25) is 4.40 Å². The smallest absolute Gasteiger partial charge is 0.183 e. The number of azo groups is 1. The molecule has 0 fully saturated rings. The van der Waals surface area contributed by atoms with Crippen LogP contribution in [0.4, 0.5) is 11.5 Å². The average Bonchev–Trinajstić information content (AvgIpc) is 2.84. The summed E-state index contributed by atoms with van der Waals surface area (Å²) < 4.78 is 1.99. The van der Waals surface area contributed by atoms with E-state index < -0.39 is 0 Å². The minimum absolute atomic E-state index is 0.0903. The molecule has 22 heavy (non-hydrogen) atoms. The third-order valence-electron chi connectivity index (χ3n) is 3.48. The van der Waals surface area contributed by atoms with E-state index in [4.69, 9.17) is 4.98 Å². The van der Waals surface area contributed by atoms with Crippen LogP contribution in [0.25, 0.3) is 5.65 Å². The quantitative estimate of drug-likeness (QED) is 0.586. The Labute approximate surface area is 130 Å². The summed E-state index contributed by atoms with van der Waals surface area (Å²) in [5.74, 6) is 0.796. The molecule has 4 heteroatoms. The molecule has 0 spiro atoms. The Morgan fingerprint density at radius 2 is 1.82 bits per heavy atom. The third-order valence-corrected chi connectivity index (χ3v) is 3.48. The Bertz CT molecular complexity index is 838. The van der Waals surface area contributed by atoms with Crippen LogP contribution in [0.3, 0.4) is 0 Å². The Balaban J connectivity index is 2.13. The summed E-state index contributed by atoms with van der Waals surface area (Å²) in [6.07, 6.45) is 1.97. The first-order valence-corrected chi connectivity index (χ1v) is 7.41. The molecule has 0 atom stereocenters. The number of aryl methyl sites for hydroxylation is 1. The van der Waals surface area contributed by atoms with Crippen molar-refractivity contribution in [2.45, 2.75) is 33.1 Å². The minimum atomic E-state index is -0.0903. The molecule has 0 saturated heterocycles. The van der Waals surface area contributed by atoms with Gasteiger partial charge in [-0.15, -0.1) is 10.2 Å². The fourth-order valence-corrected chi connectivity index (χ4v) is 2.38. The van der Waals surface area contributed by atoms with Gasteiger partial charge in [-0.1, -0.05) is 39.0 Å². The summed E-state index contributed by atoms with van der Waals surface area (Å²) in [6, 6.07) is 14.0. The number of hydrogen-bond donors (Lipinski definition) is 0. The lowest BCUT2D eigenvalue weighted by atomic mass is 9.92. The molecule has 0 aliphatic carbocycles. The van der Waals surface area contributed by atoms with E-state index >= 15 is 0 Å². The van der Waals surface area contributed by atoms with Crippen molar-refractivity contribution < 1.29 is 0 Å². The van der Waals surface area contributed by atoms with E-state index in [0.717, 1.165) is 22.8 Å². The molecule has 0 aliphatic heterocycles. The lowest BCUT2D eigenvalue weighted by molar-refractivity contribution is 0.574. The van der Waals surface area contributed by atoms with Gasteiger partial charge in [-0.2, -0.15) is 0 Å². The summed E-state index contributed by atoms with van der Waals surface area (Å²) >= 11 is 0. The number of fused-ring (bicyclic) bond motifs is 1. The van der Waals surface area contributed by atoms with Gasteiger partial charge in [0.1, 0.15) is 5.65 Å². The van der Waals surface area contributed by atoms with Gasteiger partial charge in [0.25, 0.3) is 0 Å². The number of pyridine rings is 1. The van der Waals surface area contributed by atoms with Crippen molar-refractivity contribution in [3.63, 3.8) is 0 Å². The first-order chi connectivity index (χ1) is 10.4. The van der Waals surface area contributed by atoms with Crippen molar-refractivity contribution >= 4 is 17.2 Å². The van der Waals surface area contributed by atoms with Crippen LogP contribution >= 0.6 is 0 Å². The molecular weight excluding hydrogens is 272 g/mol. The molecule has 0 bridgehead atoms. The van der Waals surface area contributed by atoms with Crippen molar-refractivity contribution in [2.75, 3.05) is 0 Å². The molecule has 0 N–H and O–H groups in total. The van der Waals surface area contributed by atoms with Gasteiger partial charge in [0.05, 0.1) is 11.4 Å². The molecule has 2 aromatic heterocycles. The van der Waals surface area contributed by atoms with Gasteiger partial charge in [0.2, 0.25) is 0 Å². The van der Waals surface area contributed by atoms with Crippen molar-refractivity contribution in [1.29, 1.82) is 0 Å². The Morgan fingerprint density at radius 3 is 2.55 bits per heavy atom. The zero-order chi connectivity index (χ0) is 15.7. The lowest BCUT2D eigenvalue weighted by Gasteiger charge is -2.15. The molecule has 3 rings (SSSR count). The number of imidazole rings is 1. The monoisotopic (exact) mass is 292 g/mol. The highest BCUT2D eigenvalue weighted by Crippen LogP contribution is 2.33. The zero-order valence-corrected chi connectivity index (χ0v) is 13.4. The van der Waals surface area contributed by atoms with E-state index in [0.29, 0.717) is 0 Å². The van der Waals surface area contributed by atoms with Crippen LogP contribution < -0.4 is 0 Å². The van der Waals surface area contributed by atoms with Gasteiger partial charge >= 0.3 is 0 Å². The second-order valence-corrected chi connectivity index (χ2v) is 6.50. The van der Waals surface area contributed by atoms with Crippen molar-refractivity contribution in [1.82, 2.24) is 9.38 Å². The highest BCUT2D eigenvalue weighted by Gasteiger charge is 2.23. The van der Waals surface area contributed by atoms with E-state index in [2.05, 4.69) is 31.0 Å². The summed E-state index contributed by atoms with van der Waals surface area (Å²) in [6.45, 7) is 8.47. The first-order valence-electron chi connectivity index (χ1n) is 7.41. The molecular formula is C18H20N4. The largest absolute Gasteiger partial charge is 0.283 e. The summed E-state index contributed by atoms with van der Waals surface area (Å²) in [4.78, 5) is 4.72. The molecule has 4 nitrogen and oxygen atoms in total. The van der Waals surface area contributed by atoms with E-state index in [-0.39, 0.29) is 5.41 Å². The van der Waals surface area contributed by atoms with Gasteiger partial charge in [-0.05, 0) is 36.8 Å². The lowest BCUT2D eigenvalue weighted by Crippen LogP contribution is -2.11. The normalized spacial score (nSPS) is 12.4. The van der Waals surface area contributed by atoms with E-state index in [1.165, 1.54) is 5.56 Å². The van der Waals surface area contributed by atoms with E-state index in [1.807, 2.05) is 60.0 Å². The van der Waals surface area contributed by atoms with Crippen molar-refractivity contribution in [2.24, 2.45) is 10.2 Å². The molecule has 0 radical (unpaired) electrons. The van der Waals surface area contributed by atoms with Crippen LogP contribution in [0, 0.1) is 6.92 Å². The number of aromatic nitrogens is 2. The Morgan fingerprint density at radius 1 is 1.00 bits per heavy atom. The highest BCUT2D eigenvalue weighted by molar-refractivity contribution is 5.54. The topological polar surface area (TPSA) is 42.0 Å². The van der Waals surface area contributed by atoms with Crippen molar-refractivity contribution in [3.05, 3.63) is 59.9 Å². The molecule has 1 aromatic carbocycles.